The monoisotopic (exact) mass is 279 g/mol. The van der Waals surface area contributed by atoms with Crippen molar-refractivity contribution < 1.29 is 9.90 Å². The molecule has 20 heavy (non-hydrogen) atoms. The van der Waals surface area contributed by atoms with Crippen LogP contribution in [0.5, 0.6) is 0 Å². The second kappa shape index (κ2) is 5.32. The van der Waals surface area contributed by atoms with Crippen molar-refractivity contribution in [2.45, 2.75) is 76.7 Å². The minimum Gasteiger partial charge on any atom is -0.480 e. The largest absolute Gasteiger partial charge is 0.480 e. The van der Waals surface area contributed by atoms with Gasteiger partial charge in [-0.2, -0.15) is 0 Å². The van der Waals surface area contributed by atoms with Gasteiger partial charge in [0.15, 0.2) is 0 Å². The highest BCUT2D eigenvalue weighted by Gasteiger charge is 2.55. The van der Waals surface area contributed by atoms with Crippen molar-refractivity contribution in [1.29, 1.82) is 0 Å². The maximum absolute atomic E-state index is 11.9. The third-order valence-corrected chi connectivity index (χ3v) is 6.32. The van der Waals surface area contributed by atoms with Crippen LogP contribution in [0.25, 0.3) is 0 Å². The molecule has 0 atom stereocenters. The van der Waals surface area contributed by atoms with E-state index in [1.165, 1.54) is 38.5 Å². The maximum atomic E-state index is 11.9. The third-order valence-electron chi connectivity index (χ3n) is 6.32. The van der Waals surface area contributed by atoms with E-state index in [2.05, 4.69) is 11.8 Å². The first-order valence-electron chi connectivity index (χ1n) is 8.55. The lowest BCUT2D eigenvalue weighted by Crippen LogP contribution is -2.68. The summed E-state index contributed by atoms with van der Waals surface area (Å²) in [5.74, 6) is 0.142. The molecule has 1 spiro atoms. The lowest BCUT2D eigenvalue weighted by atomic mass is 9.67. The molecule has 0 aromatic heterocycles. The molecule has 3 fully saturated rings. The second-order valence-electron chi connectivity index (χ2n) is 7.79. The van der Waals surface area contributed by atoms with Crippen LogP contribution in [-0.2, 0) is 4.79 Å². The number of hydrogen-bond donors (Lipinski definition) is 1. The van der Waals surface area contributed by atoms with Gasteiger partial charge in [0.2, 0.25) is 0 Å². The summed E-state index contributed by atoms with van der Waals surface area (Å²) in [5.41, 5.74) is -0.0495. The fourth-order valence-electron chi connectivity index (χ4n) is 4.77. The van der Waals surface area contributed by atoms with Crippen LogP contribution in [0.3, 0.4) is 0 Å². The first-order chi connectivity index (χ1) is 9.56. The molecule has 0 aromatic rings. The summed E-state index contributed by atoms with van der Waals surface area (Å²) in [7, 11) is 0. The zero-order chi connectivity index (χ0) is 14.2. The summed E-state index contributed by atoms with van der Waals surface area (Å²) in [4.78, 5) is 14.2. The van der Waals surface area contributed by atoms with E-state index in [9.17, 15) is 9.90 Å². The van der Waals surface area contributed by atoms with Crippen molar-refractivity contribution in [3.8, 4) is 0 Å². The smallest absolute Gasteiger partial charge is 0.324 e. The molecule has 0 aromatic carbocycles. The van der Waals surface area contributed by atoms with E-state index in [1.54, 1.807) is 0 Å². The summed E-state index contributed by atoms with van der Waals surface area (Å²) in [5, 5.41) is 9.81. The molecule has 0 radical (unpaired) electrons. The predicted molar refractivity (Wildman–Crippen MR) is 79.7 cm³/mol. The number of hydrogen-bond acceptors (Lipinski definition) is 2. The van der Waals surface area contributed by atoms with Crippen LogP contribution in [0.2, 0.25) is 0 Å². The Hall–Kier alpha value is -0.570. The molecule has 0 unspecified atom stereocenters. The number of carboxylic acid groups (broad SMARTS) is 1. The van der Waals surface area contributed by atoms with Crippen LogP contribution in [0.15, 0.2) is 0 Å². The van der Waals surface area contributed by atoms with Gasteiger partial charge in [0.1, 0.15) is 5.54 Å². The number of carboxylic acids is 1. The summed E-state index contributed by atoms with van der Waals surface area (Å²) in [6.07, 6.45) is 12.0. The molecule has 1 aliphatic heterocycles. The van der Waals surface area contributed by atoms with E-state index in [4.69, 9.17) is 0 Å². The van der Waals surface area contributed by atoms with Crippen LogP contribution in [0.4, 0.5) is 0 Å². The first kappa shape index (κ1) is 14.4. The molecule has 2 aliphatic carbocycles. The van der Waals surface area contributed by atoms with Crippen molar-refractivity contribution in [2.24, 2.45) is 11.3 Å². The highest BCUT2D eigenvalue weighted by atomic mass is 16.4. The Balaban J connectivity index is 1.68. The summed E-state index contributed by atoms with van der Waals surface area (Å²) in [6, 6.07) is 0. The molecule has 0 bridgehead atoms. The van der Waals surface area contributed by atoms with Crippen LogP contribution < -0.4 is 0 Å². The Morgan fingerprint density at radius 2 is 1.55 bits per heavy atom. The average Bonchev–Trinajstić information content (AvgIpc) is 2.64. The number of carbonyl (C=O) groups is 1. The summed E-state index contributed by atoms with van der Waals surface area (Å²) < 4.78 is 0. The van der Waals surface area contributed by atoms with Gasteiger partial charge in [0, 0.05) is 13.1 Å². The number of likely N-dealkylation sites (tertiary alicyclic amines) is 1. The minimum absolute atomic E-state index is 0.474. The predicted octanol–water partition coefficient (Wildman–Crippen LogP) is 3.68. The number of rotatable bonds is 2. The van der Waals surface area contributed by atoms with Gasteiger partial charge in [-0.1, -0.05) is 32.6 Å². The molecule has 3 rings (SSSR count). The Morgan fingerprint density at radius 3 is 2.05 bits per heavy atom. The van der Waals surface area contributed by atoms with Crippen LogP contribution in [0.1, 0.15) is 71.1 Å². The Bertz CT molecular complexity index is 355. The molecule has 114 valence electrons. The van der Waals surface area contributed by atoms with Gasteiger partial charge in [-0.25, -0.2) is 0 Å². The topological polar surface area (TPSA) is 40.5 Å². The van der Waals surface area contributed by atoms with Crippen LogP contribution >= 0.6 is 0 Å². The minimum atomic E-state index is -0.562. The fourth-order valence-corrected chi connectivity index (χ4v) is 4.77. The van der Waals surface area contributed by atoms with E-state index in [0.29, 0.717) is 11.3 Å². The van der Waals surface area contributed by atoms with Gasteiger partial charge in [-0.05, 0) is 49.9 Å². The quantitative estimate of drug-likeness (QED) is 0.838. The van der Waals surface area contributed by atoms with E-state index in [1.807, 2.05) is 0 Å². The molecular formula is C17H29NO2. The van der Waals surface area contributed by atoms with E-state index in [0.717, 1.165) is 38.8 Å². The maximum Gasteiger partial charge on any atom is 0.324 e. The lowest BCUT2D eigenvalue weighted by molar-refractivity contribution is -0.170. The van der Waals surface area contributed by atoms with Gasteiger partial charge in [-0.15, -0.1) is 0 Å². The van der Waals surface area contributed by atoms with Crippen molar-refractivity contribution in [3.63, 3.8) is 0 Å². The zero-order valence-electron chi connectivity index (χ0n) is 12.9. The zero-order valence-corrected chi connectivity index (χ0v) is 12.9. The molecule has 0 amide bonds. The van der Waals surface area contributed by atoms with Gasteiger partial charge in [0.05, 0.1) is 0 Å². The van der Waals surface area contributed by atoms with Gasteiger partial charge in [0.25, 0.3) is 0 Å². The van der Waals surface area contributed by atoms with E-state index in [-0.39, 0.29) is 0 Å². The van der Waals surface area contributed by atoms with Crippen molar-refractivity contribution in [1.82, 2.24) is 4.90 Å². The van der Waals surface area contributed by atoms with Gasteiger partial charge < -0.3 is 5.11 Å². The number of nitrogens with zero attached hydrogens (tertiary/aromatic N) is 1. The molecule has 2 saturated carbocycles. The SMILES string of the molecule is CC1CCC(C(=O)O)(N2CC3(CCCCCC3)C2)CC1. The van der Waals surface area contributed by atoms with Crippen molar-refractivity contribution in [3.05, 3.63) is 0 Å². The standard InChI is InChI=1S/C17H29NO2/c1-14-6-10-17(11-7-14,15(19)20)18-12-16(13-18)8-4-2-3-5-9-16/h14H,2-13H2,1H3,(H,19,20). The van der Waals surface area contributed by atoms with Crippen molar-refractivity contribution >= 4 is 5.97 Å². The molecule has 1 saturated heterocycles. The lowest BCUT2D eigenvalue weighted by Gasteiger charge is -2.58. The third kappa shape index (κ3) is 2.38. The molecule has 3 aliphatic rings. The first-order valence-corrected chi connectivity index (χ1v) is 8.55. The number of aliphatic carboxylic acids is 1. The highest BCUT2D eigenvalue weighted by Crippen LogP contribution is 2.49. The molecular weight excluding hydrogens is 250 g/mol. The van der Waals surface area contributed by atoms with E-state index >= 15 is 0 Å². The Morgan fingerprint density at radius 1 is 1.00 bits per heavy atom. The highest BCUT2D eigenvalue weighted by molar-refractivity contribution is 5.79. The second-order valence-corrected chi connectivity index (χ2v) is 7.79. The summed E-state index contributed by atoms with van der Waals surface area (Å²) >= 11 is 0. The molecule has 3 nitrogen and oxygen atoms in total. The average molecular weight is 279 g/mol. The fraction of sp³-hybridized carbons (Fsp3) is 0.941. The van der Waals surface area contributed by atoms with E-state index < -0.39 is 11.5 Å². The Labute approximate surface area is 122 Å². The molecule has 3 heteroatoms. The van der Waals surface area contributed by atoms with Crippen LogP contribution in [-0.4, -0.2) is 34.6 Å². The van der Waals surface area contributed by atoms with Gasteiger partial charge in [-0.3, -0.25) is 9.69 Å². The van der Waals surface area contributed by atoms with Crippen LogP contribution in [0, 0.1) is 11.3 Å². The molecule has 1 N–H and O–H groups in total. The summed E-state index contributed by atoms with van der Waals surface area (Å²) in [6.45, 7) is 4.36. The Kier molecular flexibility index (Phi) is 3.83. The van der Waals surface area contributed by atoms with Crippen molar-refractivity contribution in [2.75, 3.05) is 13.1 Å². The normalized spacial score (nSPS) is 38.1. The molecule has 1 heterocycles. The van der Waals surface area contributed by atoms with Gasteiger partial charge >= 0.3 is 5.97 Å².